The molecule has 0 N–H and O–H groups in total. The number of aryl methyl sites for hydroxylation is 2. The number of rotatable bonds is 4. The molecular weight excluding hydrogens is 318 g/mol. The minimum Gasteiger partial charge on any atom is -0.207 e. The minimum atomic E-state index is -3.48. The number of halogens is 1. The molecule has 0 unspecified atom stereocenters. The van der Waals surface area contributed by atoms with Gasteiger partial charge >= 0.3 is 0 Å². The standard InChI is InChI=1S/C17H18ClNO2S/c1-19(12-13-4-2-7-16(18)10-13)22(20,21)17-9-8-14-5-3-6-15(14)11-17/h2,4,7-11H,3,5-6,12H2,1H3. The highest BCUT2D eigenvalue weighted by atomic mass is 35.5. The molecule has 0 saturated heterocycles. The van der Waals surface area contributed by atoms with E-state index < -0.39 is 10.0 Å². The number of benzene rings is 2. The number of hydrogen-bond acceptors (Lipinski definition) is 2. The molecule has 0 radical (unpaired) electrons. The predicted molar refractivity (Wildman–Crippen MR) is 88.6 cm³/mol. The van der Waals surface area contributed by atoms with Crippen LogP contribution in [0.1, 0.15) is 23.1 Å². The lowest BCUT2D eigenvalue weighted by Crippen LogP contribution is -2.26. The first-order chi connectivity index (χ1) is 10.5. The van der Waals surface area contributed by atoms with Crippen molar-refractivity contribution in [2.45, 2.75) is 30.7 Å². The second kappa shape index (κ2) is 6.03. The zero-order valence-corrected chi connectivity index (χ0v) is 14.0. The molecule has 0 spiro atoms. The topological polar surface area (TPSA) is 37.4 Å². The Hall–Kier alpha value is -1.36. The van der Waals surface area contributed by atoms with Crippen LogP contribution >= 0.6 is 11.6 Å². The van der Waals surface area contributed by atoms with E-state index in [-0.39, 0.29) is 0 Å². The van der Waals surface area contributed by atoms with E-state index in [1.165, 1.54) is 9.87 Å². The van der Waals surface area contributed by atoms with Crippen LogP contribution in [-0.4, -0.2) is 19.8 Å². The van der Waals surface area contributed by atoms with E-state index in [2.05, 4.69) is 0 Å². The van der Waals surface area contributed by atoms with Crippen LogP contribution < -0.4 is 0 Å². The molecule has 0 aliphatic heterocycles. The van der Waals surface area contributed by atoms with E-state index in [1.54, 1.807) is 25.2 Å². The lowest BCUT2D eigenvalue weighted by atomic mass is 10.1. The smallest absolute Gasteiger partial charge is 0.207 e. The molecule has 1 aliphatic carbocycles. The average Bonchev–Trinajstić information content (AvgIpc) is 2.94. The molecule has 2 aromatic rings. The van der Waals surface area contributed by atoms with E-state index >= 15 is 0 Å². The predicted octanol–water partition coefficient (Wildman–Crippen LogP) is 3.65. The van der Waals surface area contributed by atoms with Gasteiger partial charge in [0.15, 0.2) is 0 Å². The Labute approximate surface area is 136 Å². The van der Waals surface area contributed by atoms with Crippen molar-refractivity contribution >= 4 is 21.6 Å². The highest BCUT2D eigenvalue weighted by molar-refractivity contribution is 7.89. The molecule has 0 fully saturated rings. The first kappa shape index (κ1) is 15.5. The van der Waals surface area contributed by atoms with E-state index in [1.807, 2.05) is 24.3 Å². The van der Waals surface area contributed by atoms with E-state index in [0.29, 0.717) is 16.5 Å². The third-order valence-corrected chi connectivity index (χ3v) is 6.11. The first-order valence-electron chi connectivity index (χ1n) is 7.29. The summed E-state index contributed by atoms with van der Waals surface area (Å²) in [5.41, 5.74) is 3.31. The Morgan fingerprint density at radius 3 is 2.64 bits per heavy atom. The van der Waals surface area contributed by atoms with Gasteiger partial charge in [0.2, 0.25) is 10.0 Å². The summed E-state index contributed by atoms with van der Waals surface area (Å²) >= 11 is 5.96. The fourth-order valence-electron chi connectivity index (χ4n) is 2.87. The summed E-state index contributed by atoms with van der Waals surface area (Å²) in [6.45, 7) is 0.306. The summed E-state index contributed by atoms with van der Waals surface area (Å²) in [5.74, 6) is 0. The molecule has 3 rings (SSSR count). The van der Waals surface area contributed by atoms with Gasteiger partial charge in [0.1, 0.15) is 0 Å². The van der Waals surface area contributed by atoms with Crippen molar-refractivity contribution in [3.63, 3.8) is 0 Å². The molecule has 0 atom stereocenters. The largest absolute Gasteiger partial charge is 0.243 e. The molecule has 5 heteroatoms. The zero-order valence-electron chi connectivity index (χ0n) is 12.4. The second-order valence-electron chi connectivity index (χ2n) is 5.68. The van der Waals surface area contributed by atoms with Crippen molar-refractivity contribution in [3.05, 3.63) is 64.2 Å². The molecule has 1 aliphatic rings. The van der Waals surface area contributed by atoms with Crippen molar-refractivity contribution in [2.75, 3.05) is 7.05 Å². The van der Waals surface area contributed by atoms with Crippen molar-refractivity contribution in [2.24, 2.45) is 0 Å². The monoisotopic (exact) mass is 335 g/mol. The third-order valence-electron chi connectivity index (χ3n) is 4.07. The molecule has 0 saturated carbocycles. The fourth-order valence-corrected chi connectivity index (χ4v) is 4.29. The van der Waals surface area contributed by atoms with Gasteiger partial charge in [-0.2, -0.15) is 4.31 Å². The maximum absolute atomic E-state index is 12.7. The van der Waals surface area contributed by atoms with E-state index in [4.69, 9.17) is 11.6 Å². The van der Waals surface area contributed by atoms with Crippen LogP contribution in [0, 0.1) is 0 Å². The van der Waals surface area contributed by atoms with Crippen LogP contribution in [0.2, 0.25) is 5.02 Å². The van der Waals surface area contributed by atoms with Gasteiger partial charge in [-0.25, -0.2) is 8.42 Å². The third kappa shape index (κ3) is 3.05. The lowest BCUT2D eigenvalue weighted by molar-refractivity contribution is 0.466. The molecular formula is C17H18ClNO2S. The van der Waals surface area contributed by atoms with Gasteiger partial charge in [-0.15, -0.1) is 0 Å². The summed E-state index contributed by atoms with van der Waals surface area (Å²) in [4.78, 5) is 0.373. The van der Waals surface area contributed by atoms with Crippen molar-refractivity contribution < 1.29 is 8.42 Å². The Kier molecular flexibility index (Phi) is 4.26. The van der Waals surface area contributed by atoms with Crippen LogP contribution in [0.25, 0.3) is 0 Å². The van der Waals surface area contributed by atoms with Gasteiger partial charge in [-0.3, -0.25) is 0 Å². The van der Waals surface area contributed by atoms with Crippen LogP contribution in [0.15, 0.2) is 47.4 Å². The summed E-state index contributed by atoms with van der Waals surface area (Å²) in [5, 5.41) is 0.612. The minimum absolute atomic E-state index is 0.306. The highest BCUT2D eigenvalue weighted by Gasteiger charge is 2.23. The van der Waals surface area contributed by atoms with Crippen LogP contribution in [0.4, 0.5) is 0 Å². The molecule has 0 amide bonds. The number of nitrogens with zero attached hydrogens (tertiary/aromatic N) is 1. The first-order valence-corrected chi connectivity index (χ1v) is 9.11. The normalized spacial score (nSPS) is 14.3. The van der Waals surface area contributed by atoms with Gasteiger partial charge in [0.05, 0.1) is 4.90 Å². The highest BCUT2D eigenvalue weighted by Crippen LogP contribution is 2.26. The summed E-state index contributed by atoms with van der Waals surface area (Å²) in [6.07, 6.45) is 3.13. The zero-order chi connectivity index (χ0) is 15.7. The average molecular weight is 336 g/mol. The molecule has 22 heavy (non-hydrogen) atoms. The van der Waals surface area contributed by atoms with Crippen molar-refractivity contribution in [1.82, 2.24) is 4.31 Å². The summed E-state index contributed by atoms with van der Waals surface area (Å²) in [6, 6.07) is 12.8. The SMILES string of the molecule is CN(Cc1cccc(Cl)c1)S(=O)(=O)c1ccc2c(c1)CCC2. The van der Waals surface area contributed by atoms with Crippen LogP contribution in [-0.2, 0) is 29.4 Å². The van der Waals surface area contributed by atoms with Gasteiger partial charge in [0.25, 0.3) is 0 Å². The fraction of sp³-hybridized carbons (Fsp3) is 0.294. The molecule has 116 valence electrons. The van der Waals surface area contributed by atoms with Gasteiger partial charge in [0, 0.05) is 18.6 Å². The van der Waals surface area contributed by atoms with Gasteiger partial charge in [-0.05, 0) is 60.2 Å². The second-order valence-corrected chi connectivity index (χ2v) is 8.16. The van der Waals surface area contributed by atoms with Crippen LogP contribution in [0.3, 0.4) is 0 Å². The molecule has 0 heterocycles. The quantitative estimate of drug-likeness (QED) is 0.855. The molecule has 0 aromatic heterocycles. The Morgan fingerprint density at radius 2 is 1.86 bits per heavy atom. The van der Waals surface area contributed by atoms with E-state index in [0.717, 1.165) is 30.4 Å². The Bertz CT molecular complexity index is 802. The van der Waals surface area contributed by atoms with Gasteiger partial charge < -0.3 is 0 Å². The lowest BCUT2D eigenvalue weighted by Gasteiger charge is -2.18. The van der Waals surface area contributed by atoms with Crippen molar-refractivity contribution in [1.29, 1.82) is 0 Å². The number of sulfonamides is 1. The number of hydrogen-bond donors (Lipinski definition) is 0. The van der Waals surface area contributed by atoms with Crippen LogP contribution in [0.5, 0.6) is 0 Å². The van der Waals surface area contributed by atoms with Crippen molar-refractivity contribution in [3.8, 4) is 0 Å². The Morgan fingerprint density at radius 1 is 1.09 bits per heavy atom. The summed E-state index contributed by atoms with van der Waals surface area (Å²) < 4.78 is 26.8. The molecule has 0 bridgehead atoms. The molecule has 3 nitrogen and oxygen atoms in total. The van der Waals surface area contributed by atoms with Gasteiger partial charge in [-0.1, -0.05) is 29.8 Å². The van der Waals surface area contributed by atoms with E-state index in [9.17, 15) is 8.42 Å². The maximum atomic E-state index is 12.7. The summed E-state index contributed by atoms with van der Waals surface area (Å²) in [7, 11) is -1.88. The number of fused-ring (bicyclic) bond motifs is 1. The Balaban J connectivity index is 1.86. The molecule has 2 aromatic carbocycles. The maximum Gasteiger partial charge on any atom is 0.243 e.